The highest BCUT2D eigenvalue weighted by molar-refractivity contribution is 5.99. The smallest absolute Gasteiger partial charge is 0.244 e. The van der Waals surface area contributed by atoms with Crippen LogP contribution in [0, 0.1) is 11.3 Å². The second kappa shape index (κ2) is 7.96. The minimum atomic E-state index is -0.1000. The zero-order valence-corrected chi connectivity index (χ0v) is 16.9. The number of halogens is 1. The van der Waals surface area contributed by atoms with E-state index in [4.69, 9.17) is 0 Å². The molecule has 1 N–H and O–H groups in total. The van der Waals surface area contributed by atoms with Crippen molar-refractivity contribution in [2.24, 2.45) is 0 Å². The van der Waals surface area contributed by atoms with Gasteiger partial charge in [0.05, 0.1) is 17.7 Å². The van der Waals surface area contributed by atoms with E-state index in [-0.39, 0.29) is 29.8 Å². The Balaban J connectivity index is 0.00000243. The molecule has 0 aliphatic carbocycles. The summed E-state index contributed by atoms with van der Waals surface area (Å²) < 4.78 is 0. The number of carbonyl (C=O) groups excluding carboxylic acids is 1. The third-order valence-electron chi connectivity index (χ3n) is 5.48. The molecule has 0 saturated carbocycles. The first kappa shape index (κ1) is 20.7. The number of amides is 1. The molecule has 0 bridgehead atoms. The number of nitrogens with zero attached hydrogens (tertiary/aromatic N) is 3. The topological polar surface area (TPSA) is 59.4 Å². The average molecular weight is 377 g/mol. The molecule has 0 aromatic heterocycles. The second-order valence-electron chi connectivity index (χ2n) is 7.93. The molecule has 2 atom stereocenters. The zero-order chi connectivity index (χ0) is 18.2. The fourth-order valence-electron chi connectivity index (χ4n) is 4.17. The maximum Gasteiger partial charge on any atom is 0.244 e. The van der Waals surface area contributed by atoms with Crippen molar-refractivity contribution in [1.82, 2.24) is 10.2 Å². The minimum Gasteiger partial charge on any atom is -0.312 e. The van der Waals surface area contributed by atoms with Crippen LogP contribution < -0.4 is 10.2 Å². The first-order valence-corrected chi connectivity index (χ1v) is 9.21. The maximum atomic E-state index is 13.4. The van der Waals surface area contributed by atoms with E-state index < -0.39 is 0 Å². The average Bonchev–Trinajstić information content (AvgIpc) is 2.86. The van der Waals surface area contributed by atoms with Crippen molar-refractivity contribution < 1.29 is 4.79 Å². The molecule has 0 spiro atoms. The van der Waals surface area contributed by atoms with Gasteiger partial charge in [-0.15, -0.1) is 12.4 Å². The molecule has 2 aliphatic rings. The van der Waals surface area contributed by atoms with Gasteiger partial charge in [-0.1, -0.05) is 26.8 Å². The molecule has 26 heavy (non-hydrogen) atoms. The molecular formula is C20H29ClN4O. The number of rotatable bonds is 3. The van der Waals surface area contributed by atoms with Crippen LogP contribution in [0.4, 0.5) is 5.69 Å². The van der Waals surface area contributed by atoms with Gasteiger partial charge in [-0.2, -0.15) is 5.26 Å². The third kappa shape index (κ3) is 3.73. The van der Waals surface area contributed by atoms with E-state index in [1.165, 1.54) is 0 Å². The molecular weight excluding hydrogens is 348 g/mol. The number of anilines is 1. The van der Waals surface area contributed by atoms with Gasteiger partial charge in [-0.25, -0.2) is 0 Å². The highest BCUT2D eigenvalue weighted by atomic mass is 35.5. The largest absolute Gasteiger partial charge is 0.312 e. The number of hydrogen-bond acceptors (Lipinski definition) is 4. The highest BCUT2D eigenvalue weighted by Gasteiger charge is 2.41. The maximum absolute atomic E-state index is 13.4. The Morgan fingerprint density at radius 1 is 1.46 bits per heavy atom. The molecule has 0 radical (unpaired) electrons. The van der Waals surface area contributed by atoms with Crippen LogP contribution in [0.3, 0.4) is 0 Å². The van der Waals surface area contributed by atoms with Crippen LogP contribution in [0.5, 0.6) is 0 Å². The van der Waals surface area contributed by atoms with Gasteiger partial charge in [0.2, 0.25) is 5.91 Å². The second-order valence-corrected chi connectivity index (χ2v) is 7.93. The molecule has 1 aromatic rings. The molecule has 142 valence electrons. The van der Waals surface area contributed by atoms with Crippen LogP contribution >= 0.6 is 12.4 Å². The summed E-state index contributed by atoms with van der Waals surface area (Å²) in [4.78, 5) is 17.6. The lowest BCUT2D eigenvalue weighted by Gasteiger charge is -2.38. The lowest BCUT2D eigenvalue weighted by atomic mass is 9.86. The number of nitriles is 1. The van der Waals surface area contributed by atoms with Crippen molar-refractivity contribution in [2.75, 3.05) is 31.1 Å². The van der Waals surface area contributed by atoms with Gasteiger partial charge in [-0.3, -0.25) is 9.69 Å². The van der Waals surface area contributed by atoms with E-state index in [1.807, 2.05) is 23.1 Å². The molecule has 1 aromatic carbocycles. The quantitative estimate of drug-likeness (QED) is 0.881. The van der Waals surface area contributed by atoms with Gasteiger partial charge >= 0.3 is 0 Å². The first-order valence-electron chi connectivity index (χ1n) is 9.21. The Bertz CT molecular complexity index is 712. The van der Waals surface area contributed by atoms with Crippen molar-refractivity contribution >= 4 is 24.0 Å². The summed E-state index contributed by atoms with van der Waals surface area (Å²) in [6.07, 6.45) is 0.801. The third-order valence-corrected chi connectivity index (χ3v) is 5.48. The van der Waals surface area contributed by atoms with E-state index in [0.29, 0.717) is 18.2 Å². The standard InChI is InChI=1S/C20H28N4O.ClH/c1-5-17(23-9-8-22-14(2)12-23)19(25)24-13-20(3,4)16-7-6-15(11-21)10-18(16)24;/h6-7,10,14,17,22H,5,8-9,12-13H2,1-4H3;1H/t14-,17+;/m1./s1. The van der Waals surface area contributed by atoms with Gasteiger partial charge in [0.1, 0.15) is 0 Å². The van der Waals surface area contributed by atoms with Crippen molar-refractivity contribution in [3.63, 3.8) is 0 Å². The number of nitrogens with one attached hydrogen (secondary N) is 1. The molecule has 2 heterocycles. The molecule has 5 nitrogen and oxygen atoms in total. The molecule has 6 heteroatoms. The van der Waals surface area contributed by atoms with Crippen LogP contribution in [0.25, 0.3) is 0 Å². The number of hydrogen-bond donors (Lipinski definition) is 1. The van der Waals surface area contributed by atoms with Gasteiger partial charge < -0.3 is 10.2 Å². The predicted octanol–water partition coefficient (Wildman–Crippen LogP) is 2.68. The number of benzene rings is 1. The van der Waals surface area contributed by atoms with Crippen LogP contribution in [-0.4, -0.2) is 49.1 Å². The summed E-state index contributed by atoms with van der Waals surface area (Å²) in [6.45, 7) is 12.0. The molecule has 1 fully saturated rings. The van der Waals surface area contributed by atoms with E-state index >= 15 is 0 Å². The Morgan fingerprint density at radius 2 is 2.19 bits per heavy atom. The van der Waals surface area contributed by atoms with Gasteiger partial charge in [0, 0.05) is 43.3 Å². The summed E-state index contributed by atoms with van der Waals surface area (Å²) in [5.41, 5.74) is 2.59. The van der Waals surface area contributed by atoms with Crippen molar-refractivity contribution in [3.05, 3.63) is 29.3 Å². The first-order chi connectivity index (χ1) is 11.9. The monoisotopic (exact) mass is 376 g/mol. The lowest BCUT2D eigenvalue weighted by Crippen LogP contribution is -2.57. The number of carbonyl (C=O) groups is 1. The summed E-state index contributed by atoms with van der Waals surface area (Å²) in [5, 5.41) is 12.7. The van der Waals surface area contributed by atoms with E-state index in [9.17, 15) is 10.1 Å². The molecule has 1 amide bonds. The molecule has 3 rings (SSSR count). The zero-order valence-electron chi connectivity index (χ0n) is 16.1. The van der Waals surface area contributed by atoms with Crippen LogP contribution in [0.15, 0.2) is 18.2 Å². The summed E-state index contributed by atoms with van der Waals surface area (Å²) in [6, 6.07) is 8.24. The Hall–Kier alpha value is -1.61. The Morgan fingerprint density at radius 3 is 2.81 bits per heavy atom. The van der Waals surface area contributed by atoms with Crippen molar-refractivity contribution in [3.8, 4) is 6.07 Å². The summed E-state index contributed by atoms with van der Waals surface area (Å²) >= 11 is 0. The van der Waals surface area contributed by atoms with Crippen LogP contribution in [0.2, 0.25) is 0 Å². The fourth-order valence-corrected chi connectivity index (χ4v) is 4.17. The highest BCUT2D eigenvalue weighted by Crippen LogP contribution is 2.41. The minimum absolute atomic E-state index is 0. The predicted molar refractivity (Wildman–Crippen MR) is 107 cm³/mol. The SMILES string of the molecule is CC[C@@H](C(=O)N1CC(C)(C)c2ccc(C#N)cc21)N1CCN[C@H](C)C1.Cl. The van der Waals surface area contributed by atoms with Gasteiger partial charge in [0.25, 0.3) is 0 Å². The van der Waals surface area contributed by atoms with Gasteiger partial charge in [0.15, 0.2) is 0 Å². The van der Waals surface area contributed by atoms with Crippen molar-refractivity contribution in [2.45, 2.75) is 51.6 Å². The van der Waals surface area contributed by atoms with Crippen molar-refractivity contribution in [1.29, 1.82) is 5.26 Å². The lowest BCUT2D eigenvalue weighted by molar-refractivity contribution is -0.124. The van der Waals surface area contributed by atoms with E-state index in [0.717, 1.165) is 37.3 Å². The Labute approximate surface area is 162 Å². The molecule has 1 saturated heterocycles. The summed E-state index contributed by atoms with van der Waals surface area (Å²) in [5.74, 6) is 0.165. The van der Waals surface area contributed by atoms with E-state index in [1.54, 1.807) is 0 Å². The van der Waals surface area contributed by atoms with E-state index in [2.05, 4.69) is 44.0 Å². The van der Waals surface area contributed by atoms with Crippen LogP contribution in [-0.2, 0) is 10.2 Å². The Kier molecular flexibility index (Phi) is 6.33. The van der Waals surface area contributed by atoms with Crippen LogP contribution in [0.1, 0.15) is 45.2 Å². The number of fused-ring (bicyclic) bond motifs is 1. The normalized spacial score (nSPS) is 22.9. The molecule has 2 aliphatic heterocycles. The fraction of sp³-hybridized carbons (Fsp3) is 0.600. The number of piperazine rings is 1. The summed E-state index contributed by atoms with van der Waals surface area (Å²) in [7, 11) is 0. The van der Waals surface area contributed by atoms with Gasteiger partial charge in [-0.05, 0) is 31.0 Å². The molecule has 0 unspecified atom stereocenters.